The fourth-order valence-corrected chi connectivity index (χ4v) is 3.42. The van der Waals surface area contributed by atoms with Crippen molar-refractivity contribution in [3.63, 3.8) is 0 Å². The molecule has 1 unspecified atom stereocenters. The number of benzene rings is 2. The molecule has 144 valence electrons. The molecule has 0 fully saturated rings. The zero-order valence-electron chi connectivity index (χ0n) is 14.8. The van der Waals surface area contributed by atoms with E-state index in [1.807, 2.05) is 37.3 Å². The van der Waals surface area contributed by atoms with Crippen LogP contribution in [0.1, 0.15) is 24.8 Å². The predicted molar refractivity (Wildman–Crippen MR) is 101 cm³/mol. The minimum atomic E-state index is -3.83. The lowest BCUT2D eigenvalue weighted by Gasteiger charge is -2.13. The third kappa shape index (κ3) is 6.15. The van der Waals surface area contributed by atoms with Crippen molar-refractivity contribution >= 4 is 21.6 Å². The highest BCUT2D eigenvalue weighted by Crippen LogP contribution is 2.15. The van der Waals surface area contributed by atoms with Crippen molar-refractivity contribution < 1.29 is 18.1 Å². The molecular formula is C18H21N3O5S. The molecule has 0 saturated carbocycles. The minimum absolute atomic E-state index is 0.00623. The van der Waals surface area contributed by atoms with Crippen LogP contribution in [0.15, 0.2) is 59.5 Å². The highest BCUT2D eigenvalue weighted by Gasteiger charge is 2.16. The van der Waals surface area contributed by atoms with Gasteiger partial charge in [0.1, 0.15) is 0 Å². The molecule has 0 radical (unpaired) electrons. The van der Waals surface area contributed by atoms with Crippen LogP contribution in [0.25, 0.3) is 0 Å². The molecule has 0 aliphatic heterocycles. The average Bonchev–Trinajstić information content (AvgIpc) is 2.66. The van der Waals surface area contributed by atoms with Gasteiger partial charge in [0.05, 0.1) is 9.82 Å². The van der Waals surface area contributed by atoms with Crippen LogP contribution < -0.4 is 10.0 Å². The number of non-ortho nitro benzene ring substituents is 1. The molecule has 1 amide bonds. The van der Waals surface area contributed by atoms with Gasteiger partial charge in [-0.05, 0) is 23.6 Å². The highest BCUT2D eigenvalue weighted by atomic mass is 32.2. The summed E-state index contributed by atoms with van der Waals surface area (Å²) in [5.41, 5.74) is 0.914. The Morgan fingerprint density at radius 2 is 1.74 bits per heavy atom. The Bertz CT molecular complexity index is 883. The summed E-state index contributed by atoms with van der Waals surface area (Å²) in [6.07, 6.45) is -0.00623. The van der Waals surface area contributed by atoms with Gasteiger partial charge in [0.15, 0.2) is 0 Å². The van der Waals surface area contributed by atoms with Crippen molar-refractivity contribution in [2.75, 3.05) is 13.1 Å². The van der Waals surface area contributed by atoms with Gasteiger partial charge in [-0.2, -0.15) is 0 Å². The third-order valence-corrected chi connectivity index (χ3v) is 5.45. The number of rotatable bonds is 9. The second kappa shape index (κ2) is 9.24. The Morgan fingerprint density at radius 3 is 2.33 bits per heavy atom. The van der Waals surface area contributed by atoms with Crippen molar-refractivity contribution in [2.45, 2.75) is 24.2 Å². The van der Waals surface area contributed by atoms with E-state index < -0.39 is 14.9 Å². The molecular weight excluding hydrogens is 370 g/mol. The smallest absolute Gasteiger partial charge is 0.269 e. The minimum Gasteiger partial charge on any atom is -0.355 e. The monoisotopic (exact) mass is 391 g/mol. The normalized spacial score (nSPS) is 12.3. The number of nitrogens with zero attached hydrogens (tertiary/aromatic N) is 1. The molecule has 0 spiro atoms. The fourth-order valence-electron chi connectivity index (χ4n) is 2.38. The van der Waals surface area contributed by atoms with E-state index in [-0.39, 0.29) is 35.4 Å². The number of nitrogens with one attached hydrogen (secondary N) is 2. The van der Waals surface area contributed by atoms with Gasteiger partial charge < -0.3 is 5.32 Å². The number of sulfonamides is 1. The van der Waals surface area contributed by atoms with E-state index in [0.29, 0.717) is 6.54 Å². The number of hydrogen-bond acceptors (Lipinski definition) is 5. The molecule has 0 heterocycles. The summed E-state index contributed by atoms with van der Waals surface area (Å²) >= 11 is 0. The second-order valence-electron chi connectivity index (χ2n) is 6.01. The maximum Gasteiger partial charge on any atom is 0.269 e. The molecule has 2 rings (SSSR count). The van der Waals surface area contributed by atoms with E-state index in [4.69, 9.17) is 0 Å². The molecule has 2 N–H and O–H groups in total. The van der Waals surface area contributed by atoms with Gasteiger partial charge >= 0.3 is 0 Å². The van der Waals surface area contributed by atoms with E-state index in [9.17, 15) is 23.3 Å². The molecule has 0 aliphatic rings. The lowest BCUT2D eigenvalue weighted by Crippen LogP contribution is -2.32. The first-order valence-corrected chi connectivity index (χ1v) is 9.83. The second-order valence-corrected chi connectivity index (χ2v) is 7.78. The van der Waals surface area contributed by atoms with Crippen LogP contribution in [-0.2, 0) is 14.8 Å². The van der Waals surface area contributed by atoms with E-state index in [0.717, 1.165) is 29.8 Å². The molecule has 27 heavy (non-hydrogen) atoms. The molecule has 8 nitrogen and oxygen atoms in total. The van der Waals surface area contributed by atoms with Crippen molar-refractivity contribution in [3.05, 3.63) is 70.3 Å². The van der Waals surface area contributed by atoms with Gasteiger partial charge in [0.25, 0.3) is 5.69 Å². The number of carbonyl (C=O) groups excluding carboxylic acids is 1. The van der Waals surface area contributed by atoms with Crippen molar-refractivity contribution in [2.24, 2.45) is 0 Å². The maximum atomic E-state index is 12.1. The van der Waals surface area contributed by atoms with Crippen LogP contribution in [-0.4, -0.2) is 32.3 Å². The van der Waals surface area contributed by atoms with Crippen LogP contribution in [0.3, 0.4) is 0 Å². The first-order valence-electron chi connectivity index (χ1n) is 8.35. The molecule has 2 aromatic rings. The molecule has 9 heteroatoms. The lowest BCUT2D eigenvalue weighted by molar-refractivity contribution is -0.384. The van der Waals surface area contributed by atoms with Crippen LogP contribution in [0.2, 0.25) is 0 Å². The zero-order chi connectivity index (χ0) is 19.9. The predicted octanol–water partition coefficient (Wildman–Crippen LogP) is 2.18. The number of hydrogen-bond donors (Lipinski definition) is 2. The Morgan fingerprint density at radius 1 is 1.11 bits per heavy atom. The quantitative estimate of drug-likeness (QED) is 0.502. The lowest BCUT2D eigenvalue weighted by atomic mass is 10.0. The molecule has 0 aromatic heterocycles. The van der Waals surface area contributed by atoms with Crippen molar-refractivity contribution in [1.29, 1.82) is 0 Å². The zero-order valence-corrected chi connectivity index (χ0v) is 15.6. The van der Waals surface area contributed by atoms with E-state index in [1.165, 1.54) is 0 Å². The number of amides is 1. The van der Waals surface area contributed by atoms with Gasteiger partial charge in [0, 0.05) is 31.6 Å². The van der Waals surface area contributed by atoms with E-state index >= 15 is 0 Å². The third-order valence-electron chi connectivity index (χ3n) is 3.98. The van der Waals surface area contributed by atoms with Crippen molar-refractivity contribution in [3.8, 4) is 0 Å². The fraction of sp³-hybridized carbons (Fsp3) is 0.278. The molecule has 2 aromatic carbocycles. The Kier molecular flexibility index (Phi) is 7.03. The molecule has 0 aliphatic carbocycles. The van der Waals surface area contributed by atoms with Gasteiger partial charge in [-0.1, -0.05) is 37.3 Å². The van der Waals surface area contributed by atoms with Gasteiger partial charge in [-0.15, -0.1) is 0 Å². The van der Waals surface area contributed by atoms with Crippen LogP contribution in [0.5, 0.6) is 0 Å². The van der Waals surface area contributed by atoms with E-state index in [2.05, 4.69) is 10.0 Å². The SMILES string of the molecule is CC(CNC(=O)CCNS(=O)(=O)c1ccc([N+](=O)[O-])cc1)c1ccccc1. The summed E-state index contributed by atoms with van der Waals surface area (Å²) in [7, 11) is -3.83. The summed E-state index contributed by atoms with van der Waals surface area (Å²) in [6.45, 7) is 2.38. The Labute approximate surface area is 157 Å². The first kappa shape index (κ1) is 20.5. The standard InChI is InChI=1S/C18H21N3O5S/c1-14(15-5-3-2-4-6-15)13-19-18(22)11-12-20-27(25,26)17-9-7-16(8-10-17)21(23)24/h2-10,14,20H,11-13H2,1H3,(H,19,22). The summed E-state index contributed by atoms with van der Waals surface area (Å²) in [4.78, 5) is 21.8. The summed E-state index contributed by atoms with van der Waals surface area (Å²) in [5.74, 6) is -0.115. The summed E-state index contributed by atoms with van der Waals surface area (Å²) in [6, 6.07) is 14.3. The topological polar surface area (TPSA) is 118 Å². The van der Waals surface area contributed by atoms with Crippen molar-refractivity contribution in [1.82, 2.24) is 10.0 Å². The largest absolute Gasteiger partial charge is 0.355 e. The maximum absolute atomic E-state index is 12.1. The van der Waals surface area contributed by atoms with Crippen LogP contribution >= 0.6 is 0 Å². The highest BCUT2D eigenvalue weighted by molar-refractivity contribution is 7.89. The Hall–Kier alpha value is -2.78. The van der Waals surface area contributed by atoms with Crippen LogP contribution in [0, 0.1) is 10.1 Å². The van der Waals surface area contributed by atoms with Gasteiger partial charge in [-0.25, -0.2) is 13.1 Å². The number of carbonyl (C=O) groups is 1. The van der Waals surface area contributed by atoms with Crippen LogP contribution in [0.4, 0.5) is 5.69 Å². The summed E-state index contributed by atoms with van der Waals surface area (Å²) in [5, 5.41) is 13.4. The summed E-state index contributed by atoms with van der Waals surface area (Å²) < 4.78 is 26.6. The van der Waals surface area contributed by atoms with Gasteiger partial charge in [0.2, 0.25) is 15.9 Å². The number of nitro groups is 1. The Balaban J connectivity index is 1.79. The number of nitro benzene ring substituents is 1. The first-order chi connectivity index (χ1) is 12.8. The average molecular weight is 391 g/mol. The van der Waals surface area contributed by atoms with Gasteiger partial charge in [-0.3, -0.25) is 14.9 Å². The molecule has 0 bridgehead atoms. The van der Waals surface area contributed by atoms with E-state index in [1.54, 1.807) is 0 Å². The molecule has 0 saturated heterocycles. The molecule has 1 atom stereocenters.